The molecule has 96 valence electrons. The molecule has 3 heteroatoms. The highest BCUT2D eigenvalue weighted by atomic mass is 16.6. The average molecular weight is 245 g/mol. The van der Waals surface area contributed by atoms with Crippen LogP contribution in [0.25, 0.3) is 0 Å². The van der Waals surface area contributed by atoms with Crippen LogP contribution in [-0.2, 0) is 0 Å². The second-order valence-corrected chi connectivity index (χ2v) is 5.39. The Morgan fingerprint density at radius 1 is 1.06 bits per heavy atom. The quantitative estimate of drug-likeness (QED) is 0.759. The summed E-state index contributed by atoms with van der Waals surface area (Å²) in [4.78, 5) is 13.9. The van der Waals surface area contributed by atoms with Crippen molar-refractivity contribution in [3.05, 3.63) is 30.3 Å². The first-order chi connectivity index (χ1) is 8.83. The Bertz CT molecular complexity index is 404. The minimum atomic E-state index is -0.185. The Morgan fingerprint density at radius 2 is 1.67 bits per heavy atom. The van der Waals surface area contributed by atoms with Crippen molar-refractivity contribution >= 4 is 6.09 Å². The maximum atomic E-state index is 12.1. The SMILES string of the molecule is O=C(Oc1ccccc1)N1CC2CCCCC2C1. The lowest BCUT2D eigenvalue weighted by molar-refractivity contribution is 0.160. The minimum absolute atomic E-state index is 0.185. The molecule has 2 aliphatic rings. The molecular formula is C15H19NO2. The van der Waals surface area contributed by atoms with Gasteiger partial charge in [-0.1, -0.05) is 31.0 Å². The molecule has 2 unspecified atom stereocenters. The molecule has 1 aromatic rings. The van der Waals surface area contributed by atoms with Crippen LogP contribution in [0.15, 0.2) is 30.3 Å². The van der Waals surface area contributed by atoms with Crippen molar-refractivity contribution in [1.29, 1.82) is 0 Å². The van der Waals surface area contributed by atoms with Crippen LogP contribution < -0.4 is 4.74 Å². The average Bonchev–Trinajstić information content (AvgIpc) is 2.84. The summed E-state index contributed by atoms with van der Waals surface area (Å²) in [7, 11) is 0. The molecule has 1 saturated heterocycles. The van der Waals surface area contributed by atoms with Gasteiger partial charge in [0.1, 0.15) is 5.75 Å². The van der Waals surface area contributed by atoms with Crippen LogP contribution in [-0.4, -0.2) is 24.1 Å². The maximum absolute atomic E-state index is 12.1. The molecule has 1 aliphatic carbocycles. The highest BCUT2D eigenvalue weighted by Gasteiger charge is 2.37. The zero-order valence-corrected chi connectivity index (χ0v) is 10.5. The summed E-state index contributed by atoms with van der Waals surface area (Å²) < 4.78 is 5.39. The number of amides is 1. The van der Waals surface area contributed by atoms with Gasteiger partial charge in [0.25, 0.3) is 0 Å². The fourth-order valence-electron chi connectivity index (χ4n) is 3.21. The highest BCUT2D eigenvalue weighted by molar-refractivity contribution is 5.71. The summed E-state index contributed by atoms with van der Waals surface area (Å²) in [6, 6.07) is 9.32. The number of para-hydroxylation sites is 1. The van der Waals surface area contributed by atoms with E-state index in [0.717, 1.165) is 13.1 Å². The van der Waals surface area contributed by atoms with Crippen molar-refractivity contribution in [2.75, 3.05) is 13.1 Å². The lowest BCUT2D eigenvalue weighted by atomic mass is 9.82. The molecule has 0 radical (unpaired) electrons. The van der Waals surface area contributed by atoms with E-state index in [9.17, 15) is 4.79 Å². The van der Waals surface area contributed by atoms with E-state index in [0.29, 0.717) is 17.6 Å². The summed E-state index contributed by atoms with van der Waals surface area (Å²) in [5.74, 6) is 2.06. The molecule has 0 aromatic heterocycles. The number of fused-ring (bicyclic) bond motifs is 1. The predicted molar refractivity (Wildman–Crippen MR) is 69.5 cm³/mol. The first-order valence-electron chi connectivity index (χ1n) is 6.85. The molecule has 0 spiro atoms. The van der Waals surface area contributed by atoms with Gasteiger partial charge in [-0.2, -0.15) is 0 Å². The van der Waals surface area contributed by atoms with Crippen molar-refractivity contribution in [2.24, 2.45) is 11.8 Å². The molecule has 1 amide bonds. The van der Waals surface area contributed by atoms with Gasteiger partial charge in [-0.15, -0.1) is 0 Å². The standard InChI is InChI=1S/C15H19NO2/c17-15(18-14-8-2-1-3-9-14)16-10-12-6-4-5-7-13(12)11-16/h1-3,8-9,12-13H,4-7,10-11H2. The fraction of sp³-hybridized carbons (Fsp3) is 0.533. The molecule has 3 rings (SSSR count). The smallest absolute Gasteiger partial charge is 0.410 e. The van der Waals surface area contributed by atoms with Crippen molar-refractivity contribution in [1.82, 2.24) is 4.90 Å². The van der Waals surface area contributed by atoms with Crippen LogP contribution in [0.2, 0.25) is 0 Å². The van der Waals surface area contributed by atoms with Gasteiger partial charge in [-0.3, -0.25) is 0 Å². The van der Waals surface area contributed by atoms with Crippen LogP contribution >= 0.6 is 0 Å². The Morgan fingerprint density at radius 3 is 2.28 bits per heavy atom. The molecule has 2 atom stereocenters. The van der Waals surface area contributed by atoms with Crippen LogP contribution in [0.4, 0.5) is 4.79 Å². The van der Waals surface area contributed by atoms with Crippen molar-refractivity contribution in [3.63, 3.8) is 0 Å². The van der Waals surface area contributed by atoms with E-state index in [1.54, 1.807) is 0 Å². The molecule has 1 aromatic carbocycles. The number of benzene rings is 1. The highest BCUT2D eigenvalue weighted by Crippen LogP contribution is 2.36. The number of rotatable bonds is 1. The van der Waals surface area contributed by atoms with Gasteiger partial charge in [0.2, 0.25) is 0 Å². The number of nitrogens with zero attached hydrogens (tertiary/aromatic N) is 1. The largest absolute Gasteiger partial charge is 0.415 e. The number of hydrogen-bond donors (Lipinski definition) is 0. The van der Waals surface area contributed by atoms with E-state index in [1.165, 1.54) is 25.7 Å². The lowest BCUT2D eigenvalue weighted by Gasteiger charge is -2.22. The van der Waals surface area contributed by atoms with E-state index < -0.39 is 0 Å². The van der Waals surface area contributed by atoms with Crippen molar-refractivity contribution < 1.29 is 9.53 Å². The van der Waals surface area contributed by atoms with Crippen LogP contribution in [0, 0.1) is 11.8 Å². The third-order valence-corrected chi connectivity index (χ3v) is 4.18. The number of hydrogen-bond acceptors (Lipinski definition) is 2. The summed E-state index contributed by atoms with van der Waals surface area (Å²) >= 11 is 0. The molecule has 1 aliphatic heterocycles. The predicted octanol–water partition coefficient (Wildman–Crippen LogP) is 3.31. The third kappa shape index (κ3) is 2.35. The molecule has 3 nitrogen and oxygen atoms in total. The monoisotopic (exact) mass is 245 g/mol. The van der Waals surface area contributed by atoms with Gasteiger partial charge in [0.15, 0.2) is 0 Å². The van der Waals surface area contributed by atoms with Gasteiger partial charge in [-0.05, 0) is 36.8 Å². The molecule has 1 heterocycles. The van der Waals surface area contributed by atoms with Crippen LogP contribution in [0.5, 0.6) is 5.75 Å². The second-order valence-electron chi connectivity index (χ2n) is 5.39. The van der Waals surface area contributed by atoms with Gasteiger partial charge in [0, 0.05) is 13.1 Å². The molecule has 0 N–H and O–H groups in total. The summed E-state index contributed by atoms with van der Waals surface area (Å²) in [5, 5.41) is 0. The Labute approximate surface area is 108 Å². The first-order valence-corrected chi connectivity index (χ1v) is 6.85. The lowest BCUT2D eigenvalue weighted by Crippen LogP contribution is -2.31. The van der Waals surface area contributed by atoms with E-state index in [1.807, 2.05) is 35.2 Å². The molecular weight excluding hydrogens is 226 g/mol. The van der Waals surface area contributed by atoms with Crippen LogP contribution in [0.1, 0.15) is 25.7 Å². The van der Waals surface area contributed by atoms with Gasteiger partial charge in [0.05, 0.1) is 0 Å². The topological polar surface area (TPSA) is 29.5 Å². The molecule has 2 fully saturated rings. The molecule has 1 saturated carbocycles. The van der Waals surface area contributed by atoms with E-state index >= 15 is 0 Å². The number of carbonyl (C=O) groups excluding carboxylic acids is 1. The first kappa shape index (κ1) is 11.6. The Hall–Kier alpha value is -1.51. The van der Waals surface area contributed by atoms with Gasteiger partial charge >= 0.3 is 6.09 Å². The number of carbonyl (C=O) groups is 1. The van der Waals surface area contributed by atoms with Crippen molar-refractivity contribution in [3.8, 4) is 5.75 Å². The summed E-state index contributed by atoms with van der Waals surface area (Å²) in [6.45, 7) is 1.77. The number of likely N-dealkylation sites (tertiary alicyclic amines) is 1. The Kier molecular flexibility index (Phi) is 3.22. The Balaban J connectivity index is 1.60. The zero-order chi connectivity index (χ0) is 12.4. The van der Waals surface area contributed by atoms with Gasteiger partial charge in [-0.25, -0.2) is 4.79 Å². The van der Waals surface area contributed by atoms with Gasteiger partial charge < -0.3 is 9.64 Å². The van der Waals surface area contributed by atoms with E-state index in [-0.39, 0.29) is 6.09 Å². The summed E-state index contributed by atoms with van der Waals surface area (Å²) in [6.07, 6.45) is 5.01. The second kappa shape index (κ2) is 5.01. The maximum Gasteiger partial charge on any atom is 0.415 e. The number of ether oxygens (including phenoxy) is 1. The normalized spacial score (nSPS) is 26.8. The minimum Gasteiger partial charge on any atom is -0.410 e. The molecule has 0 bridgehead atoms. The van der Waals surface area contributed by atoms with E-state index in [4.69, 9.17) is 4.74 Å². The van der Waals surface area contributed by atoms with E-state index in [2.05, 4.69) is 0 Å². The third-order valence-electron chi connectivity index (χ3n) is 4.18. The van der Waals surface area contributed by atoms with Crippen molar-refractivity contribution in [2.45, 2.75) is 25.7 Å². The fourth-order valence-corrected chi connectivity index (χ4v) is 3.21. The van der Waals surface area contributed by atoms with Crippen LogP contribution in [0.3, 0.4) is 0 Å². The molecule has 18 heavy (non-hydrogen) atoms. The summed E-state index contributed by atoms with van der Waals surface area (Å²) in [5.41, 5.74) is 0. The zero-order valence-electron chi connectivity index (χ0n) is 10.5.